The van der Waals surface area contributed by atoms with Crippen molar-refractivity contribution in [1.82, 2.24) is 26.6 Å². The van der Waals surface area contributed by atoms with Crippen LogP contribution in [0.1, 0.15) is 163 Å². The summed E-state index contributed by atoms with van der Waals surface area (Å²) in [6, 6.07) is 0.620. The molecule has 5 fully saturated rings. The number of rotatable bonds is 20. The molecule has 6 aliphatic rings. The lowest BCUT2D eigenvalue weighted by Crippen LogP contribution is -2.52. The maximum absolute atomic E-state index is 12.9. The van der Waals surface area contributed by atoms with Gasteiger partial charge in [0.2, 0.25) is 17.7 Å². The molecule has 0 spiro atoms. The van der Waals surface area contributed by atoms with Gasteiger partial charge in [-0.2, -0.15) is 11.8 Å². The number of urea groups is 1. The smallest absolute Gasteiger partial charge is 0.315 e. The van der Waals surface area contributed by atoms with E-state index in [2.05, 4.69) is 60.4 Å². The molecular formula is C45H75N5O4S. The summed E-state index contributed by atoms with van der Waals surface area (Å²) in [7, 11) is 0. The monoisotopic (exact) mass is 782 g/mol. The van der Waals surface area contributed by atoms with E-state index >= 15 is 0 Å². The fourth-order valence-electron chi connectivity index (χ4n) is 12.6. The number of fused-ring (bicyclic) bond motifs is 6. The summed E-state index contributed by atoms with van der Waals surface area (Å²) >= 11 is 1.91. The third-order valence-corrected chi connectivity index (χ3v) is 17.2. The van der Waals surface area contributed by atoms with Crippen molar-refractivity contribution in [3.8, 4) is 0 Å². The topological polar surface area (TPSA) is 128 Å². The van der Waals surface area contributed by atoms with Crippen molar-refractivity contribution >= 4 is 35.5 Å². The SMILES string of the molecule is CCCCC[C@@H](C)C1CCC2[C@@H]3CC=C4C[C@@H](NC(=O)CCNC(=O)CCCCCNC(=O)CCCC[C@@H]5SC[C@@H]6NC(=O)N[C@@H]65)CCC4(C)C3CCC21C. The molecule has 11 atom stereocenters. The lowest BCUT2D eigenvalue weighted by Gasteiger charge is -2.58. The number of amides is 5. The average Bonchev–Trinajstić information content (AvgIpc) is 3.83. The Morgan fingerprint density at radius 2 is 1.64 bits per heavy atom. The minimum absolute atomic E-state index is 0.00463. The molecule has 2 aliphatic heterocycles. The third-order valence-electron chi connectivity index (χ3n) is 15.6. The molecule has 55 heavy (non-hydrogen) atoms. The van der Waals surface area contributed by atoms with Crippen LogP contribution in [0.4, 0.5) is 4.79 Å². The molecule has 0 bridgehead atoms. The highest BCUT2D eigenvalue weighted by Crippen LogP contribution is 2.67. The van der Waals surface area contributed by atoms with Crippen LogP contribution < -0.4 is 26.6 Å². The Bertz CT molecular complexity index is 1370. The lowest BCUT2D eigenvalue weighted by atomic mass is 9.47. The number of carbonyl (C=O) groups excluding carboxylic acids is 4. The van der Waals surface area contributed by atoms with E-state index in [0.717, 1.165) is 86.7 Å². The fourth-order valence-corrected chi connectivity index (χ4v) is 14.1. The molecule has 0 aromatic rings. The third kappa shape index (κ3) is 10.3. The summed E-state index contributed by atoms with van der Waals surface area (Å²) in [5.74, 6) is 5.34. The van der Waals surface area contributed by atoms with Crippen molar-refractivity contribution in [3.05, 3.63) is 11.6 Å². The van der Waals surface area contributed by atoms with Crippen LogP contribution in [0.2, 0.25) is 0 Å². The lowest BCUT2D eigenvalue weighted by molar-refractivity contribution is -0.123. The summed E-state index contributed by atoms with van der Waals surface area (Å²) in [5, 5.41) is 15.7. The van der Waals surface area contributed by atoms with Crippen molar-refractivity contribution in [3.63, 3.8) is 0 Å². The highest BCUT2D eigenvalue weighted by molar-refractivity contribution is 8.00. The van der Waals surface area contributed by atoms with Gasteiger partial charge in [0, 0.05) is 49.4 Å². The summed E-state index contributed by atoms with van der Waals surface area (Å²) < 4.78 is 0. The molecule has 5 N–H and O–H groups in total. The first-order chi connectivity index (χ1) is 26.5. The quantitative estimate of drug-likeness (QED) is 0.0484. The fraction of sp³-hybridized carbons (Fsp3) is 0.867. The summed E-state index contributed by atoms with van der Waals surface area (Å²) in [6.45, 7) is 11.1. The number of nitrogens with one attached hydrogen (secondary N) is 5. The molecule has 0 radical (unpaired) electrons. The van der Waals surface area contributed by atoms with E-state index in [4.69, 9.17) is 0 Å². The highest BCUT2D eigenvalue weighted by atomic mass is 32.2. The van der Waals surface area contributed by atoms with Crippen molar-refractivity contribution in [1.29, 1.82) is 0 Å². The van der Waals surface area contributed by atoms with Crippen LogP contribution in [0.25, 0.3) is 0 Å². The van der Waals surface area contributed by atoms with E-state index in [1.54, 1.807) is 5.57 Å². The minimum atomic E-state index is -0.0537. The highest BCUT2D eigenvalue weighted by Gasteiger charge is 2.59. The molecule has 0 aromatic carbocycles. The van der Waals surface area contributed by atoms with Gasteiger partial charge in [0.05, 0.1) is 12.1 Å². The first kappa shape index (κ1) is 42.4. The molecule has 6 rings (SSSR count). The largest absolute Gasteiger partial charge is 0.356 e. The number of hydrogen-bond donors (Lipinski definition) is 5. The minimum Gasteiger partial charge on any atom is -0.356 e. The first-order valence-electron chi connectivity index (χ1n) is 22.7. The molecule has 0 aromatic heterocycles. The summed E-state index contributed by atoms with van der Waals surface area (Å²) in [5.41, 5.74) is 2.41. The molecule has 3 saturated carbocycles. The van der Waals surface area contributed by atoms with Crippen LogP contribution in [0.15, 0.2) is 11.6 Å². The van der Waals surface area contributed by atoms with E-state index < -0.39 is 0 Å². The maximum atomic E-state index is 12.9. The molecule has 5 unspecified atom stereocenters. The van der Waals surface area contributed by atoms with E-state index in [9.17, 15) is 19.2 Å². The standard InChI is InChI=1S/C45H75N5O4S/c1-5-6-8-13-30(2)34-19-20-35-33-18-17-31-28-32(21-24-44(31,3)36(33)22-25-45(34,35)4)48-41(53)23-27-47-40(52)15-9-7-12-26-46-39(51)16-11-10-14-38-42-37(29-55-38)49-43(54)50-42/h17,30,32-38,42H,5-16,18-29H2,1-4H3,(H,46,51)(H,47,52)(H,48,53)(H2,49,50,54)/t30-,32+,33+,34?,35?,36?,37+,38+,42+,44?,45?/m1/s1. The Kier molecular flexibility index (Phi) is 15.0. The molecule has 4 aliphatic carbocycles. The Labute approximate surface area is 337 Å². The number of carbonyl (C=O) groups is 4. The van der Waals surface area contributed by atoms with Gasteiger partial charge in [-0.25, -0.2) is 4.79 Å². The molecule has 310 valence electrons. The molecule has 10 heteroatoms. The van der Waals surface area contributed by atoms with E-state index in [0.29, 0.717) is 43.0 Å². The average molecular weight is 782 g/mol. The van der Waals surface area contributed by atoms with Crippen LogP contribution in [-0.4, -0.2) is 66.0 Å². The number of thioether (sulfide) groups is 1. The van der Waals surface area contributed by atoms with Crippen molar-refractivity contribution in [2.45, 2.75) is 186 Å². The molecule has 5 amide bonds. The Hall–Kier alpha value is -2.23. The van der Waals surface area contributed by atoms with Gasteiger partial charge in [0.15, 0.2) is 0 Å². The molecule has 2 saturated heterocycles. The molecule has 2 heterocycles. The predicted molar refractivity (Wildman–Crippen MR) is 223 cm³/mol. The summed E-state index contributed by atoms with van der Waals surface area (Å²) in [6.07, 6.45) is 24.9. The molecule has 9 nitrogen and oxygen atoms in total. The van der Waals surface area contributed by atoms with Crippen molar-refractivity contribution < 1.29 is 19.2 Å². The number of allylic oxidation sites excluding steroid dienone is 1. The van der Waals surface area contributed by atoms with Crippen LogP contribution in [0, 0.1) is 40.4 Å². The Morgan fingerprint density at radius 1 is 0.855 bits per heavy atom. The zero-order valence-corrected chi connectivity index (χ0v) is 35.6. The van der Waals surface area contributed by atoms with Gasteiger partial charge in [-0.1, -0.05) is 77.9 Å². The Morgan fingerprint density at radius 3 is 2.44 bits per heavy atom. The van der Waals surface area contributed by atoms with Crippen molar-refractivity contribution in [2.24, 2.45) is 40.4 Å². The van der Waals surface area contributed by atoms with Gasteiger partial charge in [0.25, 0.3) is 0 Å². The number of hydrogen-bond acceptors (Lipinski definition) is 5. The van der Waals surface area contributed by atoms with Gasteiger partial charge in [-0.05, 0) is 117 Å². The van der Waals surface area contributed by atoms with E-state index in [1.165, 1.54) is 64.2 Å². The van der Waals surface area contributed by atoms with Gasteiger partial charge in [-0.3, -0.25) is 14.4 Å². The van der Waals surface area contributed by atoms with Gasteiger partial charge in [0.1, 0.15) is 0 Å². The van der Waals surface area contributed by atoms with Gasteiger partial charge < -0.3 is 26.6 Å². The predicted octanol–water partition coefficient (Wildman–Crippen LogP) is 8.18. The normalized spacial score (nSPS) is 35.3. The zero-order chi connectivity index (χ0) is 39.0. The van der Waals surface area contributed by atoms with Crippen LogP contribution in [0.3, 0.4) is 0 Å². The molecular weight excluding hydrogens is 707 g/mol. The second-order valence-electron chi connectivity index (χ2n) is 19.1. The van der Waals surface area contributed by atoms with Crippen molar-refractivity contribution in [2.75, 3.05) is 18.8 Å². The summed E-state index contributed by atoms with van der Waals surface area (Å²) in [4.78, 5) is 49.2. The Balaban J connectivity index is 0.802. The van der Waals surface area contributed by atoms with E-state index in [-0.39, 0.29) is 47.3 Å². The second-order valence-corrected chi connectivity index (χ2v) is 20.4. The zero-order valence-electron chi connectivity index (χ0n) is 34.8. The van der Waals surface area contributed by atoms with Gasteiger partial charge in [-0.15, -0.1) is 0 Å². The first-order valence-corrected chi connectivity index (χ1v) is 23.8. The van der Waals surface area contributed by atoms with Crippen LogP contribution in [0.5, 0.6) is 0 Å². The van der Waals surface area contributed by atoms with Gasteiger partial charge >= 0.3 is 6.03 Å². The van der Waals surface area contributed by atoms with Crippen LogP contribution >= 0.6 is 11.8 Å². The van der Waals surface area contributed by atoms with E-state index in [1.807, 2.05) is 11.8 Å². The maximum Gasteiger partial charge on any atom is 0.315 e. The van der Waals surface area contributed by atoms with Crippen LogP contribution in [-0.2, 0) is 14.4 Å². The number of unbranched alkanes of at least 4 members (excludes halogenated alkanes) is 5. The second kappa shape index (κ2) is 19.5.